The monoisotopic (exact) mass is 293 g/mol. The zero-order chi connectivity index (χ0) is 15.1. The van der Waals surface area contributed by atoms with Crippen molar-refractivity contribution >= 4 is 11.8 Å². The lowest BCUT2D eigenvalue weighted by atomic mass is 10.1. The maximum atomic E-state index is 5.74. The fraction of sp³-hybridized carbons (Fsp3) is 0.600. The van der Waals surface area contributed by atoms with Crippen LogP contribution >= 0.6 is 0 Å². The molecule has 1 aromatic heterocycles. The van der Waals surface area contributed by atoms with E-state index in [0.717, 1.165) is 37.9 Å². The molecule has 0 atom stereocenters. The first-order valence-corrected chi connectivity index (χ1v) is 7.32. The molecule has 116 valence electrons. The van der Waals surface area contributed by atoms with Crippen LogP contribution < -0.4 is 4.74 Å². The van der Waals surface area contributed by atoms with Crippen LogP contribution in [0, 0.1) is 0 Å². The van der Waals surface area contributed by atoms with Crippen molar-refractivity contribution in [2.45, 2.75) is 26.2 Å². The van der Waals surface area contributed by atoms with Gasteiger partial charge in [-0.1, -0.05) is 24.6 Å². The largest absolute Gasteiger partial charge is 0.478 e. The van der Waals surface area contributed by atoms with E-state index in [-0.39, 0.29) is 0 Å². The summed E-state index contributed by atoms with van der Waals surface area (Å²) < 4.78 is 11.0. The molecule has 0 saturated heterocycles. The van der Waals surface area contributed by atoms with Crippen molar-refractivity contribution in [2.24, 2.45) is 5.16 Å². The lowest BCUT2D eigenvalue weighted by molar-refractivity contribution is 0.142. The van der Waals surface area contributed by atoms with E-state index in [1.165, 1.54) is 6.21 Å². The summed E-state index contributed by atoms with van der Waals surface area (Å²) in [6.07, 6.45) is 6.73. The molecular weight excluding hydrogens is 270 g/mol. The maximum absolute atomic E-state index is 5.74. The first kappa shape index (κ1) is 15.6. The fourth-order valence-corrected chi connectivity index (χ4v) is 2.08. The van der Waals surface area contributed by atoms with E-state index in [1.807, 2.05) is 0 Å². The molecule has 6 nitrogen and oxygen atoms in total. The molecule has 1 aromatic rings. The molecule has 0 bridgehead atoms. The normalized spacial score (nSPS) is 16.2. The molecule has 1 aliphatic rings. The highest BCUT2D eigenvalue weighted by molar-refractivity contribution is 5.79. The van der Waals surface area contributed by atoms with Crippen molar-refractivity contribution in [3.05, 3.63) is 17.7 Å². The Morgan fingerprint density at radius 2 is 2.38 bits per heavy atom. The molecule has 0 aromatic carbocycles. The number of ether oxygens (including phenoxy) is 1. The van der Waals surface area contributed by atoms with Crippen molar-refractivity contribution < 1.29 is 14.0 Å². The number of hydrogen-bond donors (Lipinski definition) is 0. The number of hydrogen-bond acceptors (Lipinski definition) is 6. The molecule has 0 saturated carbocycles. The van der Waals surface area contributed by atoms with Crippen molar-refractivity contribution in [2.75, 3.05) is 33.9 Å². The minimum absolute atomic E-state index is 0.432. The molecule has 0 unspecified atom stereocenters. The van der Waals surface area contributed by atoms with Crippen LogP contribution in [0.3, 0.4) is 0 Å². The van der Waals surface area contributed by atoms with Gasteiger partial charge in [0.15, 0.2) is 0 Å². The minimum atomic E-state index is 0.432. The van der Waals surface area contributed by atoms with Gasteiger partial charge in [0.25, 0.3) is 5.88 Å². The Balaban J connectivity index is 2.06. The summed E-state index contributed by atoms with van der Waals surface area (Å²) in [5, 5.41) is 3.89. The van der Waals surface area contributed by atoms with Crippen LogP contribution in [0.4, 0.5) is 0 Å². The molecule has 0 radical (unpaired) electrons. The van der Waals surface area contributed by atoms with Crippen LogP contribution in [0.25, 0.3) is 5.57 Å². The maximum Gasteiger partial charge on any atom is 0.262 e. The highest BCUT2D eigenvalue weighted by atomic mass is 16.6. The molecule has 1 aliphatic heterocycles. The first-order valence-electron chi connectivity index (χ1n) is 7.32. The summed E-state index contributed by atoms with van der Waals surface area (Å²) in [6.45, 7) is 4.59. The Morgan fingerprint density at radius 1 is 1.52 bits per heavy atom. The third-order valence-electron chi connectivity index (χ3n) is 3.26. The van der Waals surface area contributed by atoms with E-state index in [2.05, 4.69) is 35.1 Å². The summed E-state index contributed by atoms with van der Waals surface area (Å²) in [5.41, 5.74) is 1.08. The standard InChI is InChI=1S/C15H23N3O3/c1-4-5-9-20-16-10-13-15(19-3)17-14(21-13)12-7-6-8-18(2)11-12/h7,10H,4-6,8-9,11H2,1-3H3/b16-10+. The third-order valence-corrected chi connectivity index (χ3v) is 3.26. The number of unbranched alkanes of at least 4 members (excludes halogenated alkanes) is 1. The second-order valence-corrected chi connectivity index (χ2v) is 5.07. The van der Waals surface area contributed by atoms with Crippen LogP contribution in [-0.4, -0.2) is 50.0 Å². The summed E-state index contributed by atoms with van der Waals surface area (Å²) in [4.78, 5) is 11.8. The number of methoxy groups -OCH3 is 1. The van der Waals surface area contributed by atoms with Crippen LogP contribution in [0.2, 0.25) is 0 Å². The smallest absolute Gasteiger partial charge is 0.262 e. The molecular formula is C15H23N3O3. The minimum Gasteiger partial charge on any atom is -0.478 e. The van der Waals surface area contributed by atoms with Gasteiger partial charge in [0, 0.05) is 18.7 Å². The summed E-state index contributed by atoms with van der Waals surface area (Å²) in [7, 11) is 3.65. The van der Waals surface area contributed by atoms with Gasteiger partial charge in [-0.2, -0.15) is 4.98 Å². The van der Waals surface area contributed by atoms with E-state index in [4.69, 9.17) is 14.0 Å². The van der Waals surface area contributed by atoms with Gasteiger partial charge in [-0.05, 0) is 19.9 Å². The van der Waals surface area contributed by atoms with E-state index >= 15 is 0 Å². The van der Waals surface area contributed by atoms with Crippen molar-refractivity contribution in [3.63, 3.8) is 0 Å². The first-order chi connectivity index (χ1) is 10.2. The Morgan fingerprint density at radius 3 is 3.10 bits per heavy atom. The summed E-state index contributed by atoms with van der Waals surface area (Å²) in [6, 6.07) is 0. The lowest BCUT2D eigenvalue weighted by Gasteiger charge is -2.20. The van der Waals surface area contributed by atoms with Gasteiger partial charge in [0.05, 0.1) is 7.11 Å². The molecule has 2 rings (SSSR count). The van der Waals surface area contributed by atoms with Gasteiger partial charge in [0.1, 0.15) is 12.8 Å². The SMILES string of the molecule is CCCCO/N=C/c1oc(C2=CCCN(C)C2)nc1OC. The Bertz CT molecular complexity index is 508. The second kappa shape index (κ2) is 7.83. The summed E-state index contributed by atoms with van der Waals surface area (Å²) >= 11 is 0. The average Bonchev–Trinajstić information content (AvgIpc) is 2.90. The number of likely N-dealkylation sites (N-methyl/N-ethyl adjacent to an activating group) is 1. The molecule has 0 spiro atoms. The predicted octanol–water partition coefficient (Wildman–Crippen LogP) is 2.55. The van der Waals surface area contributed by atoms with Gasteiger partial charge in [-0.3, -0.25) is 0 Å². The van der Waals surface area contributed by atoms with Crippen LogP contribution in [0.1, 0.15) is 37.8 Å². The van der Waals surface area contributed by atoms with Gasteiger partial charge in [-0.15, -0.1) is 0 Å². The number of oxime groups is 1. The molecule has 2 heterocycles. The van der Waals surface area contributed by atoms with Crippen molar-refractivity contribution in [1.29, 1.82) is 0 Å². The number of aromatic nitrogens is 1. The fourth-order valence-electron chi connectivity index (χ4n) is 2.08. The molecule has 0 amide bonds. The van der Waals surface area contributed by atoms with Crippen LogP contribution in [0.5, 0.6) is 5.88 Å². The van der Waals surface area contributed by atoms with Crippen LogP contribution in [0.15, 0.2) is 15.6 Å². The molecule has 0 fully saturated rings. The Labute approximate surface area is 125 Å². The Hall–Kier alpha value is -1.82. The molecule has 0 N–H and O–H groups in total. The zero-order valence-corrected chi connectivity index (χ0v) is 13.0. The van der Waals surface area contributed by atoms with Gasteiger partial charge in [-0.25, -0.2) is 0 Å². The predicted molar refractivity (Wildman–Crippen MR) is 81.6 cm³/mol. The molecule has 21 heavy (non-hydrogen) atoms. The highest BCUT2D eigenvalue weighted by Gasteiger charge is 2.19. The molecule has 0 aliphatic carbocycles. The summed E-state index contributed by atoms with van der Waals surface area (Å²) in [5.74, 6) is 1.51. The van der Waals surface area contributed by atoms with E-state index < -0.39 is 0 Å². The van der Waals surface area contributed by atoms with Gasteiger partial charge < -0.3 is 18.9 Å². The molecule has 6 heteroatoms. The number of nitrogens with zero attached hydrogens (tertiary/aromatic N) is 3. The lowest BCUT2D eigenvalue weighted by Crippen LogP contribution is -2.25. The van der Waals surface area contributed by atoms with Crippen LogP contribution in [-0.2, 0) is 4.84 Å². The van der Waals surface area contributed by atoms with Gasteiger partial charge in [0.2, 0.25) is 11.7 Å². The highest BCUT2D eigenvalue weighted by Crippen LogP contribution is 2.25. The van der Waals surface area contributed by atoms with E-state index in [0.29, 0.717) is 24.1 Å². The van der Waals surface area contributed by atoms with Crippen molar-refractivity contribution in [1.82, 2.24) is 9.88 Å². The number of rotatable bonds is 7. The Kier molecular flexibility index (Phi) is 5.80. The van der Waals surface area contributed by atoms with E-state index in [9.17, 15) is 0 Å². The van der Waals surface area contributed by atoms with Gasteiger partial charge >= 0.3 is 0 Å². The zero-order valence-electron chi connectivity index (χ0n) is 13.0. The third kappa shape index (κ3) is 4.32. The number of oxazole rings is 1. The van der Waals surface area contributed by atoms with Crippen molar-refractivity contribution in [3.8, 4) is 5.88 Å². The topological polar surface area (TPSA) is 60.1 Å². The van der Waals surface area contributed by atoms with E-state index in [1.54, 1.807) is 7.11 Å². The second-order valence-electron chi connectivity index (χ2n) is 5.07. The quantitative estimate of drug-likeness (QED) is 0.439. The average molecular weight is 293 g/mol.